The molecule has 2 atom stereocenters. The van der Waals surface area contributed by atoms with E-state index in [4.69, 9.17) is 9.47 Å². The molecule has 4 nitrogen and oxygen atoms in total. The van der Waals surface area contributed by atoms with E-state index in [1.54, 1.807) is 0 Å². The van der Waals surface area contributed by atoms with Gasteiger partial charge in [0.2, 0.25) is 0 Å². The highest BCUT2D eigenvalue weighted by atomic mass is 16.5. The SMILES string of the molecule is CC(C1=NCCO1)c1ccccc1C(C)C1=NCCO1. The van der Waals surface area contributed by atoms with E-state index >= 15 is 0 Å². The van der Waals surface area contributed by atoms with Crippen molar-refractivity contribution in [3.8, 4) is 0 Å². The molecule has 1 aromatic rings. The molecule has 0 saturated carbocycles. The summed E-state index contributed by atoms with van der Waals surface area (Å²) in [6, 6.07) is 8.43. The van der Waals surface area contributed by atoms with Crippen molar-refractivity contribution in [3.63, 3.8) is 0 Å². The quantitative estimate of drug-likeness (QED) is 0.846. The van der Waals surface area contributed by atoms with Gasteiger partial charge in [0.1, 0.15) is 13.2 Å². The maximum atomic E-state index is 5.62. The van der Waals surface area contributed by atoms with Crippen molar-refractivity contribution in [3.05, 3.63) is 35.4 Å². The molecule has 0 bridgehead atoms. The summed E-state index contributed by atoms with van der Waals surface area (Å²) in [5, 5.41) is 0. The zero-order valence-electron chi connectivity index (χ0n) is 12.0. The van der Waals surface area contributed by atoms with Crippen molar-refractivity contribution in [2.24, 2.45) is 9.98 Å². The van der Waals surface area contributed by atoms with Gasteiger partial charge in [0.25, 0.3) is 0 Å². The van der Waals surface area contributed by atoms with Crippen LogP contribution in [0.5, 0.6) is 0 Å². The second kappa shape index (κ2) is 5.65. The van der Waals surface area contributed by atoms with Crippen molar-refractivity contribution in [1.29, 1.82) is 0 Å². The molecule has 0 spiro atoms. The topological polar surface area (TPSA) is 43.2 Å². The van der Waals surface area contributed by atoms with Crippen LogP contribution in [-0.2, 0) is 9.47 Å². The van der Waals surface area contributed by atoms with E-state index in [1.165, 1.54) is 11.1 Å². The van der Waals surface area contributed by atoms with E-state index in [0.29, 0.717) is 13.2 Å². The van der Waals surface area contributed by atoms with E-state index in [-0.39, 0.29) is 11.8 Å². The first-order valence-electron chi connectivity index (χ1n) is 7.20. The molecule has 20 heavy (non-hydrogen) atoms. The first-order chi connectivity index (χ1) is 9.77. The molecule has 2 aliphatic rings. The van der Waals surface area contributed by atoms with Crippen LogP contribution in [0.3, 0.4) is 0 Å². The Labute approximate surface area is 119 Å². The third-order valence-corrected chi connectivity index (χ3v) is 3.89. The Kier molecular flexibility index (Phi) is 3.72. The van der Waals surface area contributed by atoms with Gasteiger partial charge >= 0.3 is 0 Å². The number of ether oxygens (including phenoxy) is 2. The lowest BCUT2D eigenvalue weighted by Gasteiger charge is -2.20. The normalized spacial score (nSPS) is 20.7. The summed E-state index contributed by atoms with van der Waals surface area (Å²) in [6.45, 7) is 7.24. The lowest BCUT2D eigenvalue weighted by molar-refractivity contribution is 0.332. The van der Waals surface area contributed by atoms with Gasteiger partial charge in [-0.1, -0.05) is 24.3 Å². The molecule has 0 aromatic heterocycles. The van der Waals surface area contributed by atoms with E-state index < -0.39 is 0 Å². The number of benzene rings is 1. The molecule has 0 N–H and O–H groups in total. The highest BCUT2D eigenvalue weighted by Gasteiger charge is 2.25. The Morgan fingerprint density at radius 1 is 0.850 bits per heavy atom. The first kappa shape index (κ1) is 13.2. The van der Waals surface area contributed by atoms with Crippen molar-refractivity contribution >= 4 is 11.8 Å². The molecule has 0 saturated heterocycles. The maximum Gasteiger partial charge on any atom is 0.190 e. The molecule has 1 aromatic carbocycles. The largest absolute Gasteiger partial charge is 0.479 e. The third kappa shape index (κ3) is 2.42. The van der Waals surface area contributed by atoms with Gasteiger partial charge in [0.05, 0.1) is 24.9 Å². The molecular weight excluding hydrogens is 252 g/mol. The van der Waals surface area contributed by atoms with Crippen molar-refractivity contribution in [2.75, 3.05) is 26.3 Å². The van der Waals surface area contributed by atoms with Crippen LogP contribution < -0.4 is 0 Å². The highest BCUT2D eigenvalue weighted by molar-refractivity contribution is 5.88. The molecule has 106 valence electrons. The number of aliphatic imine (C=N–C) groups is 2. The fraction of sp³-hybridized carbons (Fsp3) is 0.500. The van der Waals surface area contributed by atoms with Crippen molar-refractivity contribution < 1.29 is 9.47 Å². The van der Waals surface area contributed by atoms with Gasteiger partial charge in [-0.2, -0.15) is 0 Å². The number of nitrogens with zero attached hydrogens (tertiary/aromatic N) is 2. The molecule has 2 unspecified atom stereocenters. The summed E-state index contributed by atoms with van der Waals surface area (Å²) in [6.07, 6.45) is 0. The summed E-state index contributed by atoms with van der Waals surface area (Å²) in [7, 11) is 0. The molecule has 2 heterocycles. The standard InChI is InChI=1S/C16H20N2O2/c1-11(15-17-7-9-19-15)13-5-3-4-6-14(13)12(2)16-18-8-10-20-16/h3-6,11-12H,7-10H2,1-2H3. The Morgan fingerprint density at radius 2 is 1.30 bits per heavy atom. The monoisotopic (exact) mass is 272 g/mol. The van der Waals surface area contributed by atoms with Gasteiger partial charge in [-0.25, -0.2) is 0 Å². The van der Waals surface area contributed by atoms with Crippen LogP contribution in [0.4, 0.5) is 0 Å². The Bertz CT molecular complexity index is 502. The zero-order chi connectivity index (χ0) is 13.9. The fourth-order valence-electron chi connectivity index (χ4n) is 2.79. The Hall–Kier alpha value is -1.84. The minimum atomic E-state index is 0.179. The summed E-state index contributed by atoms with van der Waals surface area (Å²) >= 11 is 0. The Morgan fingerprint density at radius 3 is 1.65 bits per heavy atom. The molecule has 3 rings (SSSR count). The van der Waals surface area contributed by atoms with Crippen molar-refractivity contribution in [2.45, 2.75) is 25.7 Å². The van der Waals surface area contributed by atoms with E-state index in [0.717, 1.165) is 24.9 Å². The summed E-state index contributed by atoms with van der Waals surface area (Å²) in [4.78, 5) is 8.89. The molecule has 2 aliphatic heterocycles. The van der Waals surface area contributed by atoms with E-state index in [9.17, 15) is 0 Å². The zero-order valence-corrected chi connectivity index (χ0v) is 12.0. The van der Waals surface area contributed by atoms with Gasteiger partial charge in [-0.15, -0.1) is 0 Å². The predicted octanol–water partition coefficient (Wildman–Crippen LogP) is 2.75. The van der Waals surface area contributed by atoms with Crippen molar-refractivity contribution in [1.82, 2.24) is 0 Å². The van der Waals surface area contributed by atoms with E-state index in [1.807, 2.05) is 0 Å². The van der Waals surface area contributed by atoms with Gasteiger partial charge < -0.3 is 9.47 Å². The van der Waals surface area contributed by atoms with Gasteiger partial charge in [0.15, 0.2) is 11.8 Å². The number of hydrogen-bond donors (Lipinski definition) is 0. The maximum absolute atomic E-state index is 5.62. The summed E-state index contributed by atoms with van der Waals surface area (Å²) in [5.74, 6) is 2.05. The molecule has 4 heteroatoms. The minimum Gasteiger partial charge on any atom is -0.479 e. The second-order valence-electron chi connectivity index (χ2n) is 5.21. The van der Waals surface area contributed by atoms with Crippen LogP contribution in [0.25, 0.3) is 0 Å². The van der Waals surface area contributed by atoms with Crippen LogP contribution in [-0.4, -0.2) is 38.1 Å². The number of hydrogen-bond acceptors (Lipinski definition) is 4. The van der Waals surface area contributed by atoms with E-state index in [2.05, 4.69) is 48.1 Å². The lowest BCUT2D eigenvalue weighted by atomic mass is 9.88. The average Bonchev–Trinajstić information content (AvgIpc) is 3.18. The Balaban J connectivity index is 1.91. The van der Waals surface area contributed by atoms with Gasteiger partial charge in [-0.3, -0.25) is 9.98 Å². The molecule has 0 radical (unpaired) electrons. The average molecular weight is 272 g/mol. The summed E-state index contributed by atoms with van der Waals surface area (Å²) < 4.78 is 11.2. The molecule has 0 amide bonds. The van der Waals surface area contributed by atoms with Crippen LogP contribution in [0.1, 0.15) is 36.8 Å². The van der Waals surface area contributed by atoms with Crippen LogP contribution in [0, 0.1) is 0 Å². The first-order valence-corrected chi connectivity index (χ1v) is 7.20. The fourth-order valence-corrected chi connectivity index (χ4v) is 2.79. The molecule has 0 fully saturated rings. The summed E-state index contributed by atoms with van der Waals surface area (Å²) in [5.41, 5.74) is 2.50. The predicted molar refractivity (Wildman–Crippen MR) is 79.8 cm³/mol. The molecule has 0 aliphatic carbocycles. The smallest absolute Gasteiger partial charge is 0.190 e. The van der Waals surface area contributed by atoms with Crippen LogP contribution in [0.15, 0.2) is 34.3 Å². The van der Waals surface area contributed by atoms with Gasteiger partial charge in [0, 0.05) is 0 Å². The van der Waals surface area contributed by atoms with Crippen LogP contribution in [0.2, 0.25) is 0 Å². The minimum absolute atomic E-state index is 0.179. The van der Waals surface area contributed by atoms with Gasteiger partial charge in [-0.05, 0) is 25.0 Å². The van der Waals surface area contributed by atoms with Crippen LogP contribution >= 0.6 is 0 Å². The highest BCUT2D eigenvalue weighted by Crippen LogP contribution is 2.30. The lowest BCUT2D eigenvalue weighted by Crippen LogP contribution is -2.16. The third-order valence-electron chi connectivity index (χ3n) is 3.89. The number of rotatable bonds is 4. The molecular formula is C16H20N2O2. The second-order valence-corrected chi connectivity index (χ2v) is 5.21.